The van der Waals surface area contributed by atoms with Crippen molar-refractivity contribution in [1.82, 2.24) is 4.90 Å². The fraction of sp³-hybridized carbons (Fsp3) is 1.00. The predicted molar refractivity (Wildman–Crippen MR) is 30.6 cm³/mol. The van der Waals surface area contributed by atoms with E-state index in [1.165, 1.54) is 29.3 Å². The summed E-state index contributed by atoms with van der Waals surface area (Å²) >= 11 is -1.52. The second-order valence-electron chi connectivity index (χ2n) is 3.27. The van der Waals surface area contributed by atoms with E-state index in [9.17, 15) is 2.61 Å². The first-order valence-corrected chi connectivity index (χ1v) is 11.2. The standard InChI is InChI=1S/C6H10N.H2O.U.Y/c1-7-5-3-2-4-6-7;;;/h1,3-6H2;1H2;;/q;;+1;/p-1. The van der Waals surface area contributed by atoms with Gasteiger partial charge in [0, 0.05) is 0 Å². The van der Waals surface area contributed by atoms with Crippen molar-refractivity contribution in [2.75, 3.05) is 16.4 Å². The SMILES string of the molecule is [OH][U][C]12CCN(CC1)[CH2][Y]2. The Kier molecular flexibility index (Phi) is 2.98. The van der Waals surface area contributed by atoms with Crippen molar-refractivity contribution in [2.45, 2.75) is 12.1 Å². The van der Waals surface area contributed by atoms with Gasteiger partial charge in [-0.2, -0.15) is 0 Å². The molecule has 53 valence electrons. The third kappa shape index (κ3) is 1.56. The van der Waals surface area contributed by atoms with E-state index in [4.69, 9.17) is 0 Å². The second-order valence-corrected chi connectivity index (χ2v) is 18.9. The molecule has 0 aliphatic carbocycles. The number of hydrogen-bond donors (Lipinski definition) is 1. The minimum absolute atomic E-state index is 0.302. The normalized spacial score (nSPS) is 43.5. The van der Waals surface area contributed by atoms with E-state index in [0.29, 0.717) is 0 Å². The molecule has 0 amide bonds. The third-order valence-corrected chi connectivity index (χ3v) is 19.7. The molecule has 3 aliphatic rings. The van der Waals surface area contributed by atoms with E-state index in [1.807, 2.05) is 0 Å². The molecule has 0 saturated carbocycles. The molecule has 3 aliphatic heterocycles. The number of piperidine rings is 1. The molecule has 10 heavy (non-hydrogen) atoms. The van der Waals surface area contributed by atoms with E-state index in [-0.39, 0.29) is 29.2 Å². The van der Waals surface area contributed by atoms with Crippen LogP contribution in [0, 0.1) is 28.2 Å². The van der Waals surface area contributed by atoms with Gasteiger partial charge in [-0.05, 0) is 0 Å². The zero-order valence-corrected chi connectivity index (χ0v) is 13.0. The van der Waals surface area contributed by atoms with E-state index >= 15 is 0 Å². The molecule has 1 N–H and O–H groups in total. The van der Waals surface area contributed by atoms with Crippen molar-refractivity contribution in [2.24, 2.45) is 0 Å². The van der Waals surface area contributed by atoms with Gasteiger partial charge < -0.3 is 0 Å². The van der Waals surface area contributed by atoms with Gasteiger partial charge in [0.1, 0.15) is 0 Å². The number of rotatable bonds is 1. The first kappa shape index (κ1) is 8.66. The zero-order valence-electron chi connectivity index (χ0n) is 6.01. The first-order chi connectivity index (χ1) is 4.85. The van der Waals surface area contributed by atoms with Gasteiger partial charge in [-0.1, -0.05) is 0 Å². The second kappa shape index (κ2) is 3.44. The fourth-order valence-electron chi connectivity index (χ4n) is 1.80. The molecule has 2 bridgehead atoms. The fourth-order valence-corrected chi connectivity index (χ4v) is 12.4. The molecular formula is C6H11NOUY. The Labute approximate surface area is 91.9 Å². The predicted octanol–water partition coefficient (Wildman–Crippen LogP) is 0.244. The van der Waals surface area contributed by atoms with Crippen LogP contribution in [-0.2, 0) is 29.2 Å². The van der Waals surface area contributed by atoms with E-state index in [2.05, 4.69) is 4.90 Å². The summed E-state index contributed by atoms with van der Waals surface area (Å²) < 4.78 is 11.6. The van der Waals surface area contributed by atoms with Crippen molar-refractivity contribution in [1.29, 1.82) is 0 Å². The Morgan fingerprint density at radius 3 is 2.40 bits per heavy atom. The van der Waals surface area contributed by atoms with Crippen molar-refractivity contribution in [3.8, 4) is 0 Å². The Hall–Kier alpha value is 2.08. The van der Waals surface area contributed by atoms with Crippen LogP contribution >= 0.6 is 0 Å². The molecule has 3 heterocycles. The number of hydrogen-bond acceptors (Lipinski definition) is 2. The van der Waals surface area contributed by atoms with Gasteiger partial charge in [0.05, 0.1) is 0 Å². The van der Waals surface area contributed by atoms with Gasteiger partial charge in [0.2, 0.25) is 0 Å². The molecule has 3 saturated heterocycles. The van der Waals surface area contributed by atoms with Crippen LogP contribution in [0.2, 0.25) is -0.741 Å². The van der Waals surface area contributed by atoms with E-state index < -0.39 is 28.2 Å². The molecule has 0 aromatic carbocycles. The first-order valence-electron chi connectivity index (χ1n) is 3.83. The Morgan fingerprint density at radius 1 is 1.40 bits per heavy atom. The van der Waals surface area contributed by atoms with Gasteiger partial charge >= 0.3 is 93.5 Å². The Bertz CT molecular complexity index is 122. The van der Waals surface area contributed by atoms with Crippen molar-refractivity contribution >= 4 is 0 Å². The van der Waals surface area contributed by atoms with Crippen LogP contribution in [0.3, 0.4) is 0 Å². The quantitative estimate of drug-likeness (QED) is 0.633. The summed E-state index contributed by atoms with van der Waals surface area (Å²) in [4.78, 5) is 2.62. The minimum atomic E-state index is -1.22. The molecule has 0 atom stereocenters. The summed E-state index contributed by atoms with van der Waals surface area (Å²) in [6, 6.07) is 0. The van der Waals surface area contributed by atoms with Crippen molar-refractivity contribution in [3.63, 3.8) is 0 Å². The van der Waals surface area contributed by atoms with Crippen LogP contribution in [0.5, 0.6) is 0 Å². The molecule has 3 rings (SSSR count). The third-order valence-electron chi connectivity index (χ3n) is 2.71. The summed E-state index contributed by atoms with van der Waals surface area (Å²) in [6.07, 6.45) is 2.81. The van der Waals surface area contributed by atoms with Gasteiger partial charge in [-0.15, -0.1) is 0 Å². The van der Waals surface area contributed by atoms with Crippen molar-refractivity contribution < 1.29 is 60.0 Å². The van der Waals surface area contributed by atoms with Crippen LogP contribution < -0.4 is 0 Å². The van der Waals surface area contributed by atoms with Gasteiger partial charge in [-0.25, -0.2) is 0 Å². The summed E-state index contributed by atoms with van der Waals surface area (Å²) in [5, 5.41) is 0. The molecule has 4 heteroatoms. The molecule has 3 fully saturated rings. The average Bonchev–Trinajstić information content (AvgIpc) is 2.08. The maximum atomic E-state index is 9.40. The topological polar surface area (TPSA) is 23.5 Å². The molecule has 0 unspecified atom stereocenters. The summed E-state index contributed by atoms with van der Waals surface area (Å²) in [6.45, 7) is 2.65. The Balaban J connectivity index is 2.08. The summed E-state index contributed by atoms with van der Waals surface area (Å²) in [7, 11) is 0. The Morgan fingerprint density at radius 2 is 2.10 bits per heavy atom. The maximum absolute atomic E-state index is 9.40. The average molecular weight is 440 g/mol. The summed E-state index contributed by atoms with van der Waals surface area (Å²) in [5.41, 5.74) is 0. The van der Waals surface area contributed by atoms with Gasteiger partial charge in [0.25, 0.3) is 0 Å². The van der Waals surface area contributed by atoms with Crippen LogP contribution in [-0.4, -0.2) is 24.0 Å². The molecule has 0 spiro atoms. The van der Waals surface area contributed by atoms with E-state index in [0.717, 1.165) is -0.741 Å². The number of fused-ring (bicyclic) bond motifs is 3. The van der Waals surface area contributed by atoms with Gasteiger partial charge in [-0.3, -0.25) is 0 Å². The van der Waals surface area contributed by atoms with Crippen LogP contribution in [0.4, 0.5) is 0 Å². The van der Waals surface area contributed by atoms with Crippen molar-refractivity contribution in [3.05, 3.63) is 0 Å². The van der Waals surface area contributed by atoms with Crippen LogP contribution in [0.15, 0.2) is 0 Å². The van der Waals surface area contributed by atoms with Crippen LogP contribution in [0.25, 0.3) is 0 Å². The zero-order chi connectivity index (χ0) is 7.03. The molecule has 0 radical (unpaired) electrons. The monoisotopic (exact) mass is 440 g/mol. The summed E-state index contributed by atoms with van der Waals surface area (Å²) in [5.74, 6) is 0. The molecule has 0 aromatic heterocycles. The van der Waals surface area contributed by atoms with Crippen LogP contribution in [0.1, 0.15) is 12.8 Å². The molecule has 2 nitrogen and oxygen atoms in total. The van der Waals surface area contributed by atoms with Gasteiger partial charge in [0.15, 0.2) is 0 Å². The number of nitrogens with zero attached hydrogens (tertiary/aromatic N) is 1. The molecule has 0 aromatic rings. The molecular weight excluding hydrogens is 429 g/mol. The van der Waals surface area contributed by atoms with E-state index in [1.54, 1.807) is 0 Å².